The van der Waals surface area contributed by atoms with E-state index < -0.39 is 11.2 Å². The molecule has 0 aliphatic carbocycles. The number of amides is 1. The monoisotopic (exact) mass is 355 g/mol. The molecule has 26 heavy (non-hydrogen) atoms. The van der Waals surface area contributed by atoms with Crippen LogP contribution in [0.25, 0.3) is 0 Å². The SMILES string of the molecule is CC(=O)N1N=C(c2cccc([N+](=O)[O-])c2)O[C@H]1COc1cccc(C)c1. The van der Waals surface area contributed by atoms with E-state index >= 15 is 0 Å². The quantitative estimate of drug-likeness (QED) is 0.607. The molecule has 1 aliphatic heterocycles. The molecule has 1 heterocycles. The van der Waals surface area contributed by atoms with Crippen molar-refractivity contribution in [2.45, 2.75) is 20.1 Å². The average molecular weight is 355 g/mol. The Morgan fingerprint density at radius 1 is 1.31 bits per heavy atom. The van der Waals surface area contributed by atoms with Gasteiger partial charge in [-0.05, 0) is 30.7 Å². The number of hydrogen-bond donors (Lipinski definition) is 0. The van der Waals surface area contributed by atoms with Gasteiger partial charge in [0, 0.05) is 24.6 Å². The molecule has 1 aliphatic rings. The smallest absolute Gasteiger partial charge is 0.270 e. The second-order valence-electron chi connectivity index (χ2n) is 5.78. The number of hydrogen-bond acceptors (Lipinski definition) is 6. The molecule has 0 spiro atoms. The molecule has 0 bridgehead atoms. The first-order chi connectivity index (χ1) is 12.4. The van der Waals surface area contributed by atoms with Crippen LogP contribution in [0.1, 0.15) is 18.1 Å². The molecule has 0 saturated heterocycles. The molecule has 2 aromatic rings. The molecular formula is C18H17N3O5. The second kappa shape index (κ2) is 7.22. The molecule has 1 amide bonds. The van der Waals surface area contributed by atoms with Gasteiger partial charge in [0.2, 0.25) is 18.0 Å². The fraction of sp³-hybridized carbons (Fsp3) is 0.222. The highest BCUT2D eigenvalue weighted by Crippen LogP contribution is 2.22. The summed E-state index contributed by atoms with van der Waals surface area (Å²) < 4.78 is 11.4. The maximum absolute atomic E-state index is 11.8. The molecule has 3 rings (SSSR count). The van der Waals surface area contributed by atoms with Gasteiger partial charge in [0.15, 0.2) is 0 Å². The number of non-ortho nitro benzene ring substituents is 1. The summed E-state index contributed by atoms with van der Waals surface area (Å²) >= 11 is 0. The first kappa shape index (κ1) is 17.4. The summed E-state index contributed by atoms with van der Waals surface area (Å²) in [6.07, 6.45) is -0.748. The maximum atomic E-state index is 11.8. The van der Waals surface area contributed by atoms with E-state index in [1.165, 1.54) is 30.1 Å². The molecule has 134 valence electrons. The second-order valence-corrected chi connectivity index (χ2v) is 5.78. The fourth-order valence-electron chi connectivity index (χ4n) is 2.49. The summed E-state index contributed by atoms with van der Waals surface area (Å²) in [4.78, 5) is 22.3. The number of ether oxygens (including phenoxy) is 2. The highest BCUT2D eigenvalue weighted by Gasteiger charge is 2.32. The number of carbonyl (C=O) groups is 1. The molecule has 8 heteroatoms. The van der Waals surface area contributed by atoms with Gasteiger partial charge >= 0.3 is 0 Å². The van der Waals surface area contributed by atoms with Crippen LogP contribution in [0.4, 0.5) is 5.69 Å². The topological polar surface area (TPSA) is 94.3 Å². The Balaban J connectivity index is 1.76. The molecule has 0 unspecified atom stereocenters. The molecule has 0 N–H and O–H groups in total. The van der Waals surface area contributed by atoms with Crippen molar-refractivity contribution < 1.29 is 19.2 Å². The van der Waals surface area contributed by atoms with E-state index in [2.05, 4.69) is 5.10 Å². The zero-order chi connectivity index (χ0) is 18.7. The lowest BCUT2D eigenvalue weighted by molar-refractivity contribution is -0.384. The van der Waals surface area contributed by atoms with Crippen LogP contribution >= 0.6 is 0 Å². The van der Waals surface area contributed by atoms with Gasteiger partial charge in [0.05, 0.1) is 4.92 Å². The first-order valence-electron chi connectivity index (χ1n) is 7.93. The predicted octanol–water partition coefficient (Wildman–Crippen LogP) is 2.85. The van der Waals surface area contributed by atoms with Crippen molar-refractivity contribution in [3.05, 3.63) is 69.8 Å². The van der Waals surface area contributed by atoms with Crippen molar-refractivity contribution in [3.8, 4) is 5.75 Å². The van der Waals surface area contributed by atoms with Gasteiger partial charge in [-0.15, -0.1) is 5.10 Å². The lowest BCUT2D eigenvalue weighted by Gasteiger charge is -2.19. The Bertz CT molecular complexity index is 881. The maximum Gasteiger partial charge on any atom is 0.270 e. The van der Waals surface area contributed by atoms with Crippen molar-refractivity contribution in [2.75, 3.05) is 6.61 Å². The fourth-order valence-corrected chi connectivity index (χ4v) is 2.49. The van der Waals surface area contributed by atoms with Gasteiger partial charge in [0.25, 0.3) is 5.69 Å². The molecule has 2 aromatic carbocycles. The van der Waals surface area contributed by atoms with E-state index in [4.69, 9.17) is 9.47 Å². The van der Waals surface area contributed by atoms with Gasteiger partial charge in [-0.25, -0.2) is 0 Å². The number of carbonyl (C=O) groups excluding carboxylic acids is 1. The molecule has 0 radical (unpaired) electrons. The highest BCUT2D eigenvalue weighted by molar-refractivity contribution is 5.96. The lowest BCUT2D eigenvalue weighted by atomic mass is 10.2. The third-order valence-corrected chi connectivity index (χ3v) is 3.73. The Labute approximate surface area is 149 Å². The summed E-state index contributed by atoms with van der Waals surface area (Å²) in [6.45, 7) is 3.39. The number of nitro groups is 1. The highest BCUT2D eigenvalue weighted by atomic mass is 16.6. The van der Waals surface area contributed by atoms with Crippen molar-refractivity contribution in [3.63, 3.8) is 0 Å². The molecule has 1 atom stereocenters. The van der Waals surface area contributed by atoms with Crippen molar-refractivity contribution >= 4 is 17.5 Å². The van der Waals surface area contributed by atoms with Crippen LogP contribution < -0.4 is 4.74 Å². The number of nitrogens with zero attached hydrogens (tertiary/aromatic N) is 3. The number of aryl methyl sites for hydroxylation is 1. The molecular weight excluding hydrogens is 338 g/mol. The van der Waals surface area contributed by atoms with E-state index in [9.17, 15) is 14.9 Å². The number of hydrazone groups is 1. The van der Waals surface area contributed by atoms with Gasteiger partial charge in [-0.2, -0.15) is 5.01 Å². The van der Waals surface area contributed by atoms with Gasteiger partial charge in [-0.1, -0.05) is 18.2 Å². The Morgan fingerprint density at radius 3 is 2.77 bits per heavy atom. The Kier molecular flexibility index (Phi) is 4.83. The van der Waals surface area contributed by atoms with Crippen LogP contribution in [0.5, 0.6) is 5.75 Å². The van der Waals surface area contributed by atoms with Gasteiger partial charge in [0.1, 0.15) is 12.4 Å². The van der Waals surface area contributed by atoms with Crippen LogP contribution in [0.3, 0.4) is 0 Å². The summed E-state index contributed by atoms with van der Waals surface area (Å²) in [7, 11) is 0. The standard InChI is InChI=1S/C18H17N3O5/c1-12-5-3-8-16(9-12)25-11-17-20(13(2)22)19-18(26-17)14-6-4-7-15(10-14)21(23)24/h3-10,17H,11H2,1-2H3/t17-/m0/s1. The zero-order valence-corrected chi connectivity index (χ0v) is 14.3. The zero-order valence-electron chi connectivity index (χ0n) is 14.3. The minimum Gasteiger partial charge on any atom is -0.488 e. The van der Waals surface area contributed by atoms with E-state index in [0.29, 0.717) is 11.3 Å². The third-order valence-electron chi connectivity index (χ3n) is 3.73. The van der Waals surface area contributed by atoms with Gasteiger partial charge < -0.3 is 9.47 Å². The van der Waals surface area contributed by atoms with Crippen molar-refractivity contribution in [1.29, 1.82) is 0 Å². The summed E-state index contributed by atoms with van der Waals surface area (Å²) in [5.74, 6) is 0.478. The first-order valence-corrected chi connectivity index (χ1v) is 7.93. The normalized spacial score (nSPS) is 16.0. The van der Waals surface area contributed by atoms with Crippen LogP contribution in [-0.2, 0) is 9.53 Å². The van der Waals surface area contributed by atoms with Crippen molar-refractivity contribution in [2.24, 2.45) is 5.10 Å². The minimum atomic E-state index is -0.748. The molecule has 0 saturated carbocycles. The van der Waals surface area contributed by atoms with E-state index in [1.807, 2.05) is 31.2 Å². The molecule has 0 aromatic heterocycles. The van der Waals surface area contributed by atoms with Crippen LogP contribution in [0.15, 0.2) is 53.6 Å². The third kappa shape index (κ3) is 3.80. The van der Waals surface area contributed by atoms with Gasteiger partial charge in [-0.3, -0.25) is 14.9 Å². The molecule has 0 fully saturated rings. The average Bonchev–Trinajstić information content (AvgIpc) is 3.05. The van der Waals surface area contributed by atoms with Crippen LogP contribution in [-0.4, -0.2) is 34.6 Å². The Hall–Kier alpha value is -3.42. The van der Waals surface area contributed by atoms with E-state index in [-0.39, 0.29) is 24.1 Å². The molecule has 8 nitrogen and oxygen atoms in total. The Morgan fingerprint density at radius 2 is 2.08 bits per heavy atom. The largest absolute Gasteiger partial charge is 0.488 e. The van der Waals surface area contributed by atoms with E-state index in [0.717, 1.165) is 5.56 Å². The number of rotatable bonds is 5. The minimum absolute atomic E-state index is 0.0744. The predicted molar refractivity (Wildman–Crippen MR) is 93.7 cm³/mol. The lowest BCUT2D eigenvalue weighted by Crippen LogP contribution is -2.36. The summed E-state index contributed by atoms with van der Waals surface area (Å²) in [6, 6.07) is 13.4. The number of nitro benzene ring substituents is 1. The summed E-state index contributed by atoms with van der Waals surface area (Å²) in [5, 5.41) is 16.2. The van der Waals surface area contributed by atoms with Crippen molar-refractivity contribution in [1.82, 2.24) is 5.01 Å². The van der Waals surface area contributed by atoms with Crippen LogP contribution in [0, 0.1) is 17.0 Å². The van der Waals surface area contributed by atoms with E-state index in [1.54, 1.807) is 6.07 Å². The van der Waals surface area contributed by atoms with Crippen LogP contribution in [0.2, 0.25) is 0 Å². The summed E-state index contributed by atoms with van der Waals surface area (Å²) in [5.41, 5.74) is 1.39. The number of benzene rings is 2.